The summed E-state index contributed by atoms with van der Waals surface area (Å²) in [7, 11) is 0. The van der Waals surface area contributed by atoms with Crippen LogP contribution in [0.25, 0.3) is 5.65 Å². The van der Waals surface area contributed by atoms with Crippen molar-refractivity contribution in [2.24, 2.45) is 11.8 Å². The Kier molecular flexibility index (Phi) is 8.42. The van der Waals surface area contributed by atoms with E-state index in [1.54, 1.807) is 29.5 Å². The van der Waals surface area contributed by atoms with Crippen molar-refractivity contribution in [2.45, 2.75) is 77.0 Å². The number of ether oxygens (including phenoxy) is 1. The molecule has 0 aromatic carbocycles. The van der Waals surface area contributed by atoms with Gasteiger partial charge in [-0.15, -0.1) is 0 Å². The van der Waals surface area contributed by atoms with Crippen LogP contribution in [0.4, 0.5) is 10.2 Å². The first kappa shape index (κ1) is 27.8. The second-order valence-electron chi connectivity index (χ2n) is 11.6. The first-order chi connectivity index (χ1) is 18.7. The molecular formula is C29H39FN6O2S. The van der Waals surface area contributed by atoms with Crippen LogP contribution in [0.1, 0.15) is 87.5 Å². The van der Waals surface area contributed by atoms with E-state index in [0.717, 1.165) is 49.4 Å². The molecule has 2 aliphatic carbocycles. The summed E-state index contributed by atoms with van der Waals surface area (Å²) in [4.78, 5) is 24.0. The fourth-order valence-corrected chi connectivity index (χ4v) is 5.69. The van der Waals surface area contributed by atoms with Crippen LogP contribution in [-0.4, -0.2) is 50.0 Å². The predicted octanol–water partition coefficient (Wildman–Crippen LogP) is 5.78. The summed E-state index contributed by atoms with van der Waals surface area (Å²) in [5.74, 6) is 1.01. The Morgan fingerprint density at radius 1 is 1.26 bits per heavy atom. The van der Waals surface area contributed by atoms with Gasteiger partial charge < -0.3 is 9.64 Å². The highest BCUT2D eigenvalue weighted by Crippen LogP contribution is 2.57. The van der Waals surface area contributed by atoms with Crippen LogP contribution >= 0.6 is 11.9 Å². The standard InChI is InChI=1S/C26H33FN6O2S.C3H6/c1-5-35-25(34)20-14-29-33-10-8-22(31-24(20)33)32-15-16-11-18(16)23(32)19-12-17(27)13-28-21(19)7-6-9-30-36-26(2,3)4;1-2-3-1/h8,10,12-14,16,18,23,30H,5-7,9,11,15H2,1-4H3;1-3H2. The number of rotatable bonds is 9. The van der Waals surface area contributed by atoms with E-state index in [2.05, 4.69) is 40.5 Å². The van der Waals surface area contributed by atoms with Crippen molar-refractivity contribution in [1.82, 2.24) is 24.3 Å². The molecule has 3 atom stereocenters. The highest BCUT2D eigenvalue weighted by atomic mass is 32.2. The number of nitrogens with one attached hydrogen (secondary N) is 1. The van der Waals surface area contributed by atoms with E-state index in [-0.39, 0.29) is 23.2 Å². The van der Waals surface area contributed by atoms with Crippen LogP contribution in [0.3, 0.4) is 0 Å². The van der Waals surface area contributed by atoms with Gasteiger partial charge in [-0.05, 0) is 76.5 Å². The third-order valence-electron chi connectivity index (χ3n) is 7.01. The zero-order chi connectivity index (χ0) is 27.6. The zero-order valence-electron chi connectivity index (χ0n) is 23.3. The quantitative estimate of drug-likeness (QED) is 0.203. The van der Waals surface area contributed by atoms with Crippen molar-refractivity contribution in [1.29, 1.82) is 0 Å². The molecule has 0 spiro atoms. The molecule has 4 heterocycles. The molecule has 3 aromatic heterocycles. The lowest BCUT2D eigenvalue weighted by Crippen LogP contribution is -2.29. The molecule has 1 N–H and O–H groups in total. The summed E-state index contributed by atoms with van der Waals surface area (Å²) >= 11 is 1.73. The molecule has 0 bridgehead atoms. The normalized spacial score (nSPS) is 21.4. The van der Waals surface area contributed by atoms with Crippen LogP contribution in [0.2, 0.25) is 0 Å². The van der Waals surface area contributed by atoms with Gasteiger partial charge >= 0.3 is 5.97 Å². The number of aromatic nitrogens is 4. The largest absolute Gasteiger partial charge is 0.462 e. The van der Waals surface area contributed by atoms with Gasteiger partial charge in [-0.3, -0.25) is 9.71 Å². The highest BCUT2D eigenvalue weighted by molar-refractivity contribution is 7.98. The number of halogens is 1. The molecule has 210 valence electrons. The van der Waals surface area contributed by atoms with Gasteiger partial charge in [0.15, 0.2) is 5.65 Å². The van der Waals surface area contributed by atoms with Crippen molar-refractivity contribution in [3.8, 4) is 0 Å². The molecule has 3 aromatic rings. The number of esters is 1. The lowest BCUT2D eigenvalue weighted by molar-refractivity contribution is 0.0528. The summed E-state index contributed by atoms with van der Waals surface area (Å²) in [6, 6.07) is 3.57. The zero-order valence-corrected chi connectivity index (χ0v) is 24.1. The first-order valence-corrected chi connectivity index (χ1v) is 14.9. The predicted molar refractivity (Wildman–Crippen MR) is 152 cm³/mol. The maximum Gasteiger partial charge on any atom is 0.343 e. The molecule has 39 heavy (non-hydrogen) atoms. The minimum atomic E-state index is -0.437. The molecular weight excluding hydrogens is 515 g/mol. The minimum absolute atomic E-state index is 0.00836. The Labute approximate surface area is 234 Å². The Morgan fingerprint density at radius 2 is 2.05 bits per heavy atom. The van der Waals surface area contributed by atoms with Gasteiger partial charge in [-0.1, -0.05) is 31.2 Å². The average molecular weight is 555 g/mol. The van der Waals surface area contributed by atoms with Crippen LogP contribution in [0.15, 0.2) is 30.7 Å². The number of piperidine rings is 1. The molecule has 3 aliphatic rings. The smallest absolute Gasteiger partial charge is 0.343 e. The van der Waals surface area contributed by atoms with Gasteiger partial charge in [0.05, 0.1) is 25.0 Å². The molecule has 3 fully saturated rings. The number of hydrogen-bond acceptors (Lipinski definition) is 8. The van der Waals surface area contributed by atoms with E-state index < -0.39 is 5.97 Å². The average Bonchev–Trinajstić information content (AvgIpc) is 3.83. The molecule has 1 aliphatic heterocycles. The van der Waals surface area contributed by atoms with Crippen molar-refractivity contribution >= 4 is 29.4 Å². The van der Waals surface area contributed by atoms with Gasteiger partial charge in [-0.25, -0.2) is 18.7 Å². The maximum absolute atomic E-state index is 14.5. The van der Waals surface area contributed by atoms with Crippen LogP contribution in [-0.2, 0) is 11.2 Å². The first-order valence-electron chi connectivity index (χ1n) is 14.1. The van der Waals surface area contributed by atoms with Gasteiger partial charge in [0.25, 0.3) is 0 Å². The number of carbonyl (C=O) groups excluding carboxylic acids is 1. The molecule has 6 rings (SSSR count). The Bertz CT molecular complexity index is 1300. The fraction of sp³-hybridized carbons (Fsp3) is 0.586. The van der Waals surface area contributed by atoms with Gasteiger partial charge in [-0.2, -0.15) is 5.10 Å². The lowest BCUT2D eigenvalue weighted by atomic mass is 9.98. The van der Waals surface area contributed by atoms with Gasteiger partial charge in [0.2, 0.25) is 0 Å². The second-order valence-corrected chi connectivity index (χ2v) is 13.3. The van der Waals surface area contributed by atoms with Crippen LogP contribution in [0, 0.1) is 17.7 Å². The topological polar surface area (TPSA) is 84.6 Å². The van der Waals surface area contributed by atoms with E-state index in [0.29, 0.717) is 23.0 Å². The van der Waals surface area contributed by atoms with E-state index in [1.807, 2.05) is 12.3 Å². The number of anilines is 1. The highest BCUT2D eigenvalue weighted by Gasteiger charge is 2.54. The summed E-state index contributed by atoms with van der Waals surface area (Å²) in [6.45, 7) is 10.3. The van der Waals surface area contributed by atoms with Crippen LogP contribution < -0.4 is 9.62 Å². The van der Waals surface area contributed by atoms with Crippen molar-refractivity contribution in [3.05, 3.63) is 53.4 Å². The fourth-order valence-electron chi connectivity index (χ4n) is 5.02. The lowest BCUT2D eigenvalue weighted by Gasteiger charge is -2.30. The van der Waals surface area contributed by atoms with E-state index in [1.165, 1.54) is 31.7 Å². The third-order valence-corrected chi connectivity index (χ3v) is 7.97. The summed E-state index contributed by atoms with van der Waals surface area (Å²) in [6.07, 6.45) is 11.9. The molecule has 0 amide bonds. The number of fused-ring (bicyclic) bond motifs is 2. The minimum Gasteiger partial charge on any atom is -0.462 e. The van der Waals surface area contributed by atoms with E-state index in [4.69, 9.17) is 9.72 Å². The summed E-state index contributed by atoms with van der Waals surface area (Å²) < 4.78 is 24.8. The molecule has 0 radical (unpaired) electrons. The van der Waals surface area contributed by atoms with E-state index in [9.17, 15) is 9.18 Å². The SMILES string of the molecule is C1CC1.CCOC(=O)c1cnn2ccc(N3CC4CC4C3c3cc(F)cnc3CCCNSC(C)(C)C)nc12. The Balaban J connectivity index is 0.000000962. The van der Waals surface area contributed by atoms with Crippen molar-refractivity contribution in [3.63, 3.8) is 0 Å². The number of pyridine rings is 1. The third kappa shape index (κ3) is 6.90. The van der Waals surface area contributed by atoms with Crippen LogP contribution in [0.5, 0.6) is 0 Å². The molecule has 8 nitrogen and oxygen atoms in total. The number of nitrogens with zero attached hydrogens (tertiary/aromatic N) is 5. The van der Waals surface area contributed by atoms with Gasteiger partial charge in [0.1, 0.15) is 17.2 Å². The molecule has 1 saturated heterocycles. The van der Waals surface area contributed by atoms with E-state index >= 15 is 0 Å². The Morgan fingerprint density at radius 3 is 2.77 bits per heavy atom. The monoisotopic (exact) mass is 554 g/mol. The number of carbonyl (C=O) groups is 1. The van der Waals surface area contributed by atoms with Gasteiger partial charge in [0, 0.05) is 29.7 Å². The molecule has 3 unspecified atom stereocenters. The molecule has 10 heteroatoms. The molecule has 2 saturated carbocycles. The Hall–Kier alpha value is -2.72. The van der Waals surface area contributed by atoms with Crippen molar-refractivity contribution in [2.75, 3.05) is 24.6 Å². The second kappa shape index (κ2) is 11.8. The number of hydrogen-bond donors (Lipinski definition) is 1. The maximum atomic E-state index is 14.5. The van der Waals surface area contributed by atoms with Crippen molar-refractivity contribution < 1.29 is 13.9 Å². The summed E-state index contributed by atoms with van der Waals surface area (Å²) in [5.41, 5.74) is 2.70. The summed E-state index contributed by atoms with van der Waals surface area (Å²) in [5, 5.41) is 4.25. The number of aryl methyl sites for hydroxylation is 1.